The van der Waals surface area contributed by atoms with E-state index in [1.807, 2.05) is 0 Å². The fraction of sp³-hybridized carbons (Fsp3) is 0.250. The lowest BCUT2D eigenvalue weighted by Crippen LogP contribution is -2.25. The van der Waals surface area contributed by atoms with E-state index < -0.39 is 31.8 Å². The highest BCUT2D eigenvalue weighted by Crippen LogP contribution is 2.39. The van der Waals surface area contributed by atoms with E-state index in [9.17, 15) is 18.3 Å². The van der Waals surface area contributed by atoms with Gasteiger partial charge < -0.3 is 21.1 Å². The number of pyridine rings is 1. The van der Waals surface area contributed by atoms with Crippen molar-refractivity contribution in [3.8, 4) is 5.75 Å². The molecular weight excluding hydrogens is 415 g/mol. The molecule has 1 aromatic heterocycles. The highest BCUT2D eigenvalue weighted by atomic mass is 35.5. The highest BCUT2D eigenvalue weighted by Gasteiger charge is 2.35. The normalized spacial score (nSPS) is 16.9. The van der Waals surface area contributed by atoms with Gasteiger partial charge in [-0.1, -0.05) is 23.2 Å². The number of nitrogens with zero attached hydrogens (tertiary/aromatic N) is 1. The number of aromatic hydroxyl groups is 1. The van der Waals surface area contributed by atoms with Crippen molar-refractivity contribution in [3.63, 3.8) is 0 Å². The molecule has 2 amide bonds. The van der Waals surface area contributed by atoms with Gasteiger partial charge in [-0.25, -0.2) is 18.2 Å². The van der Waals surface area contributed by atoms with E-state index in [2.05, 4.69) is 20.9 Å². The van der Waals surface area contributed by atoms with Crippen molar-refractivity contribution in [2.45, 2.75) is 16.6 Å². The smallest absolute Gasteiger partial charge is 0.323 e. The molecule has 2 heterocycles. The van der Waals surface area contributed by atoms with Gasteiger partial charge in [-0.05, 0) is 37.2 Å². The molecule has 0 bridgehead atoms. The number of urea groups is 1. The fourth-order valence-electron chi connectivity index (χ4n) is 2.73. The summed E-state index contributed by atoms with van der Waals surface area (Å²) in [7, 11) is -3.87. The van der Waals surface area contributed by atoms with Crippen molar-refractivity contribution in [1.82, 2.24) is 10.3 Å². The van der Waals surface area contributed by atoms with Crippen molar-refractivity contribution in [2.24, 2.45) is 0 Å². The predicted octanol–water partition coefficient (Wildman–Crippen LogP) is 2.87. The number of phenols is 1. The van der Waals surface area contributed by atoms with E-state index in [0.717, 1.165) is 0 Å². The average Bonchev–Trinajstić information content (AvgIpc) is 3.15. The van der Waals surface area contributed by atoms with Gasteiger partial charge in [-0.15, -0.1) is 0 Å². The Labute approximate surface area is 165 Å². The molecule has 27 heavy (non-hydrogen) atoms. The van der Waals surface area contributed by atoms with Crippen LogP contribution in [-0.2, 0) is 9.84 Å². The Balaban J connectivity index is 1.87. The Kier molecular flexibility index (Phi) is 5.75. The summed E-state index contributed by atoms with van der Waals surface area (Å²) in [5.74, 6) is -0.609. The van der Waals surface area contributed by atoms with Gasteiger partial charge in [0.15, 0.2) is 20.7 Å². The summed E-state index contributed by atoms with van der Waals surface area (Å²) < 4.78 is 25.6. The molecule has 11 heteroatoms. The van der Waals surface area contributed by atoms with Crippen molar-refractivity contribution in [1.29, 1.82) is 0 Å². The molecule has 1 atom stereocenters. The lowest BCUT2D eigenvalue weighted by Gasteiger charge is -2.16. The Morgan fingerprint density at radius 2 is 1.96 bits per heavy atom. The quantitative estimate of drug-likeness (QED) is 0.437. The number of hydrogen-bond donors (Lipinski definition) is 4. The first-order valence-corrected chi connectivity index (χ1v) is 10.3. The van der Waals surface area contributed by atoms with Crippen LogP contribution in [0.3, 0.4) is 0 Å². The average molecular weight is 431 g/mol. The molecule has 144 valence electrons. The number of phenolic OH excluding ortho intramolecular Hbond substituents is 1. The Hall–Kier alpha value is -2.07. The molecule has 0 spiro atoms. The fourth-order valence-corrected chi connectivity index (χ4v) is 5.19. The van der Waals surface area contributed by atoms with Crippen molar-refractivity contribution in [2.75, 3.05) is 23.7 Å². The third kappa shape index (κ3) is 4.11. The van der Waals surface area contributed by atoms with Crippen LogP contribution in [0, 0.1) is 0 Å². The van der Waals surface area contributed by atoms with E-state index in [-0.39, 0.29) is 28.1 Å². The number of amides is 2. The third-order valence-corrected chi connectivity index (χ3v) is 7.07. The van der Waals surface area contributed by atoms with E-state index in [0.29, 0.717) is 13.0 Å². The number of benzene rings is 1. The molecule has 1 unspecified atom stereocenters. The van der Waals surface area contributed by atoms with Crippen LogP contribution in [0.15, 0.2) is 35.4 Å². The Bertz CT molecular complexity index is 978. The second-order valence-corrected chi connectivity index (χ2v) is 8.78. The number of sulfone groups is 1. The van der Waals surface area contributed by atoms with Gasteiger partial charge in [0.25, 0.3) is 0 Å². The van der Waals surface area contributed by atoms with Gasteiger partial charge in [-0.3, -0.25) is 0 Å². The molecular formula is C16H16Cl2N4O4S. The highest BCUT2D eigenvalue weighted by molar-refractivity contribution is 7.92. The van der Waals surface area contributed by atoms with Gasteiger partial charge in [0.2, 0.25) is 0 Å². The zero-order chi connectivity index (χ0) is 19.6. The van der Waals surface area contributed by atoms with E-state index in [1.165, 1.54) is 18.3 Å². The molecule has 0 aliphatic carbocycles. The lowest BCUT2D eigenvalue weighted by atomic mass is 10.3. The molecule has 4 N–H and O–H groups in total. The number of rotatable bonds is 4. The van der Waals surface area contributed by atoms with Crippen LogP contribution in [0.2, 0.25) is 10.2 Å². The summed E-state index contributed by atoms with van der Waals surface area (Å²) >= 11 is 11.9. The van der Waals surface area contributed by atoms with Gasteiger partial charge in [0.1, 0.15) is 4.90 Å². The molecule has 1 saturated heterocycles. The monoisotopic (exact) mass is 430 g/mol. The van der Waals surface area contributed by atoms with Gasteiger partial charge in [0, 0.05) is 12.7 Å². The second kappa shape index (κ2) is 7.89. The summed E-state index contributed by atoms with van der Waals surface area (Å²) in [5, 5.41) is 17.6. The SMILES string of the molecule is O=C(Nc1cccnc1Cl)Nc1ccc(Cl)c(S(=O)(=O)C2CCNC2)c1O. The molecule has 1 aromatic carbocycles. The second-order valence-electron chi connectivity index (χ2n) is 5.85. The maximum atomic E-state index is 12.8. The van der Waals surface area contributed by atoms with Crippen molar-refractivity contribution < 1.29 is 18.3 Å². The zero-order valence-electron chi connectivity index (χ0n) is 13.9. The third-order valence-electron chi connectivity index (χ3n) is 4.08. The predicted molar refractivity (Wildman–Crippen MR) is 103 cm³/mol. The first kappa shape index (κ1) is 19.7. The van der Waals surface area contributed by atoms with Crippen molar-refractivity contribution >= 4 is 50.4 Å². The van der Waals surface area contributed by atoms with E-state index in [1.54, 1.807) is 12.1 Å². The Morgan fingerprint density at radius 3 is 2.63 bits per heavy atom. The standard InChI is InChI=1S/C16H16Cl2N4O4S/c17-10-3-4-11(21-16(24)22-12-2-1-6-20-15(12)18)13(23)14(10)27(25,26)9-5-7-19-8-9/h1-4,6,9,19,23H,5,7-8H2,(H2,21,22,24). The van der Waals surface area contributed by atoms with Gasteiger partial charge >= 0.3 is 6.03 Å². The van der Waals surface area contributed by atoms with Crippen LogP contribution in [0.25, 0.3) is 0 Å². The first-order valence-electron chi connectivity index (χ1n) is 7.95. The van der Waals surface area contributed by atoms with Crippen LogP contribution in [0.4, 0.5) is 16.2 Å². The van der Waals surface area contributed by atoms with Crippen LogP contribution in [-0.4, -0.2) is 42.9 Å². The lowest BCUT2D eigenvalue weighted by molar-refractivity contribution is 0.262. The van der Waals surface area contributed by atoms with Crippen LogP contribution >= 0.6 is 23.2 Å². The number of aromatic nitrogens is 1. The van der Waals surface area contributed by atoms with Gasteiger partial charge in [-0.2, -0.15) is 0 Å². The molecule has 3 rings (SSSR count). The molecule has 1 aliphatic rings. The first-order chi connectivity index (χ1) is 12.8. The molecule has 1 fully saturated rings. The molecule has 1 aliphatic heterocycles. The summed E-state index contributed by atoms with van der Waals surface area (Å²) in [6.07, 6.45) is 1.88. The van der Waals surface area contributed by atoms with Crippen LogP contribution in [0.5, 0.6) is 5.75 Å². The van der Waals surface area contributed by atoms with Crippen molar-refractivity contribution in [3.05, 3.63) is 40.6 Å². The molecule has 2 aromatic rings. The number of halogens is 2. The summed E-state index contributed by atoms with van der Waals surface area (Å²) in [5.41, 5.74) is 0.163. The number of anilines is 2. The van der Waals surface area contributed by atoms with Gasteiger partial charge in [0.05, 0.1) is 21.6 Å². The maximum Gasteiger partial charge on any atom is 0.323 e. The number of nitrogens with one attached hydrogen (secondary N) is 3. The topological polar surface area (TPSA) is 120 Å². The molecule has 0 radical (unpaired) electrons. The van der Waals surface area contributed by atoms with Crippen LogP contribution in [0.1, 0.15) is 6.42 Å². The number of hydrogen-bond acceptors (Lipinski definition) is 6. The summed E-state index contributed by atoms with van der Waals surface area (Å²) in [6.45, 7) is 0.838. The minimum atomic E-state index is -3.87. The zero-order valence-corrected chi connectivity index (χ0v) is 16.2. The Morgan fingerprint density at radius 1 is 1.22 bits per heavy atom. The number of carbonyl (C=O) groups excluding carboxylic acids is 1. The summed E-state index contributed by atoms with van der Waals surface area (Å²) in [6, 6.07) is 5.02. The number of carbonyl (C=O) groups is 1. The molecule has 8 nitrogen and oxygen atoms in total. The van der Waals surface area contributed by atoms with Crippen LogP contribution < -0.4 is 16.0 Å². The van der Waals surface area contributed by atoms with E-state index >= 15 is 0 Å². The minimum absolute atomic E-state index is 0.0879. The minimum Gasteiger partial charge on any atom is -0.504 e. The van der Waals surface area contributed by atoms with E-state index in [4.69, 9.17) is 23.2 Å². The summed E-state index contributed by atoms with van der Waals surface area (Å²) in [4.78, 5) is 15.6. The maximum absolute atomic E-state index is 12.8. The molecule has 0 saturated carbocycles. The largest absolute Gasteiger partial charge is 0.504 e.